The van der Waals surface area contributed by atoms with Gasteiger partial charge in [-0.15, -0.1) is 0 Å². The molecule has 17 heavy (non-hydrogen) atoms. The van der Waals surface area contributed by atoms with Gasteiger partial charge in [0.05, 0.1) is 0 Å². The zero-order valence-electron chi connectivity index (χ0n) is 10.8. The van der Waals surface area contributed by atoms with Crippen LogP contribution in [0.2, 0.25) is 5.02 Å². The minimum atomic E-state index is 0.861. The first-order valence-corrected chi connectivity index (χ1v) is 6.34. The maximum atomic E-state index is 8.00. The third kappa shape index (κ3) is 9.07. The lowest BCUT2D eigenvalue weighted by Gasteiger charge is -2.05. The molecule has 0 aliphatic heterocycles. The molecule has 0 unspecified atom stereocenters. The topological polar surface area (TPSA) is 34.1 Å². The highest BCUT2D eigenvalue weighted by Crippen LogP contribution is 2.25. The van der Waals surface area contributed by atoms with Crippen LogP contribution in [0, 0.1) is 6.92 Å². The summed E-state index contributed by atoms with van der Waals surface area (Å²) in [5.41, 5.74) is 2.50. The van der Waals surface area contributed by atoms with Crippen molar-refractivity contribution in [3.63, 3.8) is 0 Å². The summed E-state index contributed by atoms with van der Waals surface area (Å²) in [5.74, 6) is 0. The van der Waals surface area contributed by atoms with Crippen molar-refractivity contribution >= 4 is 41.1 Å². The average Bonchev–Trinajstić information content (AvgIpc) is 2.36. The summed E-state index contributed by atoms with van der Waals surface area (Å²) < 4.78 is 1.05. The first-order chi connectivity index (χ1) is 8.15. The van der Waals surface area contributed by atoms with Crippen LogP contribution >= 0.6 is 27.5 Å². The van der Waals surface area contributed by atoms with E-state index in [1.54, 1.807) is 0 Å². The number of rotatable bonds is 1. The summed E-state index contributed by atoms with van der Waals surface area (Å²) >= 11 is 9.40. The molecule has 0 radical (unpaired) electrons. The van der Waals surface area contributed by atoms with Crippen molar-refractivity contribution in [2.45, 2.75) is 34.1 Å². The predicted octanol–water partition coefficient (Wildman–Crippen LogP) is 4.63. The van der Waals surface area contributed by atoms with Crippen LogP contribution in [0.3, 0.4) is 0 Å². The monoisotopic (exact) mass is 322 g/mol. The molecule has 0 fully saturated rings. The summed E-state index contributed by atoms with van der Waals surface area (Å²) in [6, 6.07) is 4.03. The van der Waals surface area contributed by atoms with Crippen LogP contribution in [-0.4, -0.2) is 13.6 Å². The number of carbonyl (C=O) groups is 2. The van der Waals surface area contributed by atoms with Gasteiger partial charge in [-0.1, -0.05) is 48.3 Å². The zero-order valence-corrected chi connectivity index (χ0v) is 13.2. The van der Waals surface area contributed by atoms with Gasteiger partial charge in [0.1, 0.15) is 13.6 Å². The number of benzene rings is 1. The maximum absolute atomic E-state index is 8.00. The van der Waals surface area contributed by atoms with Crippen LogP contribution in [0.5, 0.6) is 0 Å². The Bertz CT molecular complexity index is 278. The van der Waals surface area contributed by atoms with Crippen LogP contribution in [0.4, 0.5) is 0 Å². The summed E-state index contributed by atoms with van der Waals surface area (Å²) in [5, 5.41) is 0.861. The molecule has 0 saturated heterocycles. The number of hydrogen-bond acceptors (Lipinski definition) is 2. The first-order valence-electron chi connectivity index (χ1n) is 5.17. The minimum Gasteiger partial charge on any atom is -0.307 e. The molecule has 0 N–H and O–H groups in total. The number of hydrogen-bond donors (Lipinski definition) is 0. The van der Waals surface area contributed by atoms with E-state index in [1.165, 1.54) is 11.1 Å². The van der Waals surface area contributed by atoms with E-state index in [4.69, 9.17) is 21.2 Å². The van der Waals surface area contributed by atoms with E-state index >= 15 is 0 Å². The molecule has 0 atom stereocenters. The van der Waals surface area contributed by atoms with E-state index in [-0.39, 0.29) is 0 Å². The Morgan fingerprint density at radius 3 is 1.88 bits per heavy atom. The van der Waals surface area contributed by atoms with Gasteiger partial charge >= 0.3 is 0 Å². The van der Waals surface area contributed by atoms with Crippen molar-refractivity contribution in [3.05, 3.63) is 32.8 Å². The van der Waals surface area contributed by atoms with Crippen LogP contribution in [0.15, 0.2) is 16.6 Å². The van der Waals surface area contributed by atoms with E-state index in [2.05, 4.69) is 35.8 Å². The van der Waals surface area contributed by atoms with Gasteiger partial charge in [0, 0.05) is 9.50 Å². The van der Waals surface area contributed by atoms with E-state index in [1.807, 2.05) is 33.5 Å². The smallest absolute Gasteiger partial charge is 0.106 e. The Kier molecular flexibility index (Phi) is 19.5. The molecule has 0 aromatic heterocycles. The van der Waals surface area contributed by atoms with Crippen LogP contribution in [0.25, 0.3) is 0 Å². The number of carbonyl (C=O) groups excluding carboxylic acids is 2. The lowest BCUT2D eigenvalue weighted by molar-refractivity contribution is -0.0987. The highest BCUT2D eigenvalue weighted by atomic mass is 79.9. The summed E-state index contributed by atoms with van der Waals surface area (Å²) in [4.78, 5) is 16.0. The molecular weight excluding hydrogens is 303 g/mol. The molecule has 0 saturated carbocycles. The summed E-state index contributed by atoms with van der Waals surface area (Å²) in [6.07, 6.45) is 0.998. The Morgan fingerprint density at radius 1 is 1.18 bits per heavy atom. The van der Waals surface area contributed by atoms with E-state index in [0.29, 0.717) is 0 Å². The Morgan fingerprint density at radius 2 is 1.59 bits per heavy atom. The van der Waals surface area contributed by atoms with Gasteiger partial charge < -0.3 is 9.59 Å². The van der Waals surface area contributed by atoms with Crippen molar-refractivity contribution < 1.29 is 9.59 Å². The minimum absolute atomic E-state index is 0.861. The fourth-order valence-electron chi connectivity index (χ4n) is 1.18. The van der Waals surface area contributed by atoms with Gasteiger partial charge in [-0.25, -0.2) is 0 Å². The lowest BCUT2D eigenvalue weighted by Crippen LogP contribution is -1.87. The average molecular weight is 324 g/mol. The third-order valence-corrected chi connectivity index (χ3v) is 2.53. The van der Waals surface area contributed by atoms with Crippen LogP contribution < -0.4 is 0 Å². The third-order valence-electron chi connectivity index (χ3n) is 1.74. The maximum Gasteiger partial charge on any atom is 0.106 e. The first kappa shape index (κ1) is 21.6. The highest BCUT2D eigenvalue weighted by Gasteiger charge is 2.02. The van der Waals surface area contributed by atoms with E-state index in [0.717, 1.165) is 15.9 Å². The molecule has 0 amide bonds. The number of halogens is 2. The van der Waals surface area contributed by atoms with E-state index < -0.39 is 0 Å². The second kappa shape index (κ2) is 15.3. The van der Waals surface area contributed by atoms with Crippen LogP contribution in [-0.2, 0) is 16.0 Å². The van der Waals surface area contributed by atoms with Crippen molar-refractivity contribution in [1.29, 1.82) is 0 Å². The highest BCUT2D eigenvalue weighted by molar-refractivity contribution is 9.10. The Hall–Kier alpha value is -0.670. The van der Waals surface area contributed by atoms with Crippen molar-refractivity contribution in [1.82, 2.24) is 0 Å². The molecule has 0 spiro atoms. The normalized spacial score (nSPS) is 7.41. The Labute approximate surface area is 117 Å². The van der Waals surface area contributed by atoms with Gasteiger partial charge in [0.2, 0.25) is 0 Å². The van der Waals surface area contributed by atoms with Gasteiger partial charge in [-0.2, -0.15) is 0 Å². The van der Waals surface area contributed by atoms with Gasteiger partial charge in [0.15, 0.2) is 0 Å². The van der Waals surface area contributed by atoms with E-state index in [9.17, 15) is 0 Å². The van der Waals surface area contributed by atoms with Crippen LogP contribution in [0.1, 0.15) is 31.9 Å². The molecule has 1 aromatic rings. The molecule has 0 heterocycles. The molecular formula is C13H20BrClO2. The molecule has 4 heteroatoms. The molecule has 0 aliphatic carbocycles. The predicted molar refractivity (Wildman–Crippen MR) is 78.9 cm³/mol. The fourth-order valence-corrected chi connectivity index (χ4v) is 2.28. The van der Waals surface area contributed by atoms with Gasteiger partial charge in [-0.3, -0.25) is 0 Å². The SMILES string of the molecule is C=O.C=O.CC.CCc1c(C)cc(Br)cc1Cl. The summed E-state index contributed by atoms with van der Waals surface area (Å²) in [7, 11) is 0. The Balaban J connectivity index is -0.000000285. The van der Waals surface area contributed by atoms with Crippen molar-refractivity contribution in [3.8, 4) is 0 Å². The fraction of sp³-hybridized carbons (Fsp3) is 0.385. The molecule has 1 rings (SSSR count). The lowest BCUT2D eigenvalue weighted by atomic mass is 10.1. The molecule has 2 nitrogen and oxygen atoms in total. The quantitative estimate of drug-likeness (QED) is 0.755. The second-order valence-corrected chi connectivity index (χ2v) is 3.86. The van der Waals surface area contributed by atoms with Crippen molar-refractivity contribution in [2.75, 3.05) is 0 Å². The second-order valence-electron chi connectivity index (χ2n) is 2.54. The largest absolute Gasteiger partial charge is 0.307 e. The molecule has 1 aromatic carbocycles. The zero-order chi connectivity index (χ0) is 14.4. The molecule has 0 bridgehead atoms. The van der Waals surface area contributed by atoms with Crippen molar-refractivity contribution in [2.24, 2.45) is 0 Å². The molecule has 0 aliphatic rings. The number of aryl methyl sites for hydroxylation is 1. The summed E-state index contributed by atoms with van der Waals surface area (Å²) in [6.45, 7) is 12.2. The van der Waals surface area contributed by atoms with Gasteiger partial charge in [-0.05, 0) is 36.6 Å². The standard InChI is InChI=1S/C9H10BrCl.C2H6.2CH2O/c1-3-8-6(2)4-7(10)5-9(8)11;3*1-2/h4-5H,3H2,1-2H3;1-2H3;2*1H2. The molecule has 98 valence electrons. The van der Waals surface area contributed by atoms with Gasteiger partial charge in [0.25, 0.3) is 0 Å².